The first-order chi connectivity index (χ1) is 16.8. The Morgan fingerprint density at radius 1 is 1.51 bits per heavy atom. The van der Waals surface area contributed by atoms with Crippen molar-refractivity contribution in [1.29, 1.82) is 0 Å². The number of β-lactam (4-membered cyclic amide) rings is 1. The number of carboxylic acid groups (broad SMARTS) is 1. The number of anilines is 1. The number of rotatable bonds is 9. The van der Waals surface area contributed by atoms with Crippen molar-refractivity contribution in [3.05, 3.63) is 22.3 Å². The fraction of sp³-hybridized carbons (Fsp3) is 0.333. The molecule has 182 valence electrons. The van der Waals surface area contributed by atoms with E-state index in [0.717, 1.165) is 11.3 Å². The normalized spacial score (nSPS) is 19.6. The van der Waals surface area contributed by atoms with E-state index in [0.29, 0.717) is 16.5 Å². The maximum Gasteiger partial charge on any atom is 0.352 e. The van der Waals surface area contributed by atoms with Crippen molar-refractivity contribution >= 4 is 63.5 Å². The Kier molecular flexibility index (Phi) is 7.23. The Hall–Kier alpha value is -3.62. The summed E-state index contributed by atoms with van der Waals surface area (Å²) in [6.07, 6.45) is 5.22. The first-order valence-electron chi connectivity index (χ1n) is 9.71. The molecule has 14 nitrogen and oxygen atoms in total. The van der Waals surface area contributed by atoms with E-state index < -0.39 is 29.2 Å². The van der Waals surface area contributed by atoms with Gasteiger partial charge in [-0.2, -0.15) is 4.80 Å². The average molecular weight is 536 g/mol. The van der Waals surface area contributed by atoms with Crippen LogP contribution in [0.1, 0.15) is 5.69 Å². The van der Waals surface area contributed by atoms with Crippen LogP contribution in [0.3, 0.4) is 0 Å². The molecule has 4 N–H and O–H groups in total. The van der Waals surface area contributed by atoms with Crippen LogP contribution in [0.5, 0.6) is 0 Å². The summed E-state index contributed by atoms with van der Waals surface area (Å²) in [5.41, 5.74) is 6.08. The number of carbonyl (C=O) groups is 3. The molecule has 0 aliphatic carbocycles. The number of hydrogen-bond donors (Lipinski definition) is 3. The summed E-state index contributed by atoms with van der Waals surface area (Å²) in [7, 11) is 1.27. The summed E-state index contributed by atoms with van der Waals surface area (Å²) in [6, 6.07) is -0.945. The highest BCUT2D eigenvalue weighted by Gasteiger charge is 2.54. The molecule has 1 saturated heterocycles. The van der Waals surface area contributed by atoms with Crippen LogP contribution in [-0.4, -0.2) is 88.7 Å². The zero-order valence-electron chi connectivity index (χ0n) is 17.9. The highest BCUT2D eigenvalue weighted by molar-refractivity contribution is 8.01. The van der Waals surface area contributed by atoms with E-state index in [1.807, 2.05) is 0 Å². The molecule has 2 amide bonds. The minimum atomic E-state index is -1.24. The van der Waals surface area contributed by atoms with Crippen molar-refractivity contribution in [2.75, 3.05) is 24.3 Å². The van der Waals surface area contributed by atoms with Crippen LogP contribution in [0, 0.1) is 12.3 Å². The van der Waals surface area contributed by atoms with E-state index in [1.165, 1.54) is 45.7 Å². The summed E-state index contributed by atoms with van der Waals surface area (Å²) in [4.78, 5) is 48.9. The van der Waals surface area contributed by atoms with Crippen LogP contribution in [-0.2, 0) is 25.8 Å². The number of aromatic nitrogens is 5. The number of carboxylic acids is 1. The first-order valence-corrected chi connectivity index (χ1v) is 12.6. The molecular weight excluding hydrogens is 518 g/mol. The van der Waals surface area contributed by atoms with Crippen LogP contribution in [0.25, 0.3) is 0 Å². The molecule has 1 unspecified atom stereocenters. The van der Waals surface area contributed by atoms with E-state index in [-0.39, 0.29) is 34.5 Å². The van der Waals surface area contributed by atoms with Crippen molar-refractivity contribution in [3.8, 4) is 12.3 Å². The van der Waals surface area contributed by atoms with Gasteiger partial charge in [-0.05, 0) is 10.8 Å². The van der Waals surface area contributed by atoms with Gasteiger partial charge in [0.1, 0.15) is 36.5 Å². The van der Waals surface area contributed by atoms with Crippen molar-refractivity contribution < 1.29 is 24.3 Å². The number of hydrogen-bond acceptors (Lipinski definition) is 13. The van der Waals surface area contributed by atoms with Crippen LogP contribution in [0.2, 0.25) is 0 Å². The number of thioether (sulfide) groups is 2. The third kappa shape index (κ3) is 4.94. The third-order valence-corrected chi connectivity index (χ3v) is 7.67. The van der Waals surface area contributed by atoms with Crippen LogP contribution in [0.15, 0.2) is 27.0 Å². The molecule has 4 heterocycles. The number of terminal acetylenes is 1. The maximum atomic E-state index is 12.9. The Morgan fingerprint density at radius 2 is 2.31 bits per heavy atom. The topological polar surface area (TPSA) is 191 Å². The number of thiazole rings is 1. The minimum Gasteiger partial charge on any atom is -0.477 e. The summed E-state index contributed by atoms with van der Waals surface area (Å²) < 4.78 is 0. The fourth-order valence-electron chi connectivity index (χ4n) is 3.28. The lowest BCUT2D eigenvalue weighted by Gasteiger charge is -2.49. The number of nitrogens with one attached hydrogen (secondary N) is 1. The molecule has 2 aliphatic heterocycles. The average Bonchev–Trinajstić information content (AvgIpc) is 3.47. The number of nitrogens with zero attached hydrogens (tertiary/aromatic N) is 7. The lowest BCUT2D eigenvalue weighted by Crippen LogP contribution is -2.71. The summed E-state index contributed by atoms with van der Waals surface area (Å²) >= 11 is 3.63. The molecule has 0 spiro atoms. The van der Waals surface area contributed by atoms with E-state index in [1.54, 1.807) is 0 Å². The number of oxime groups is 1. The van der Waals surface area contributed by atoms with Crippen molar-refractivity contribution in [2.45, 2.75) is 23.1 Å². The van der Waals surface area contributed by atoms with Gasteiger partial charge in [-0.15, -0.1) is 39.7 Å². The Bertz CT molecular complexity index is 1280. The van der Waals surface area contributed by atoms with Gasteiger partial charge in [-0.25, -0.2) is 9.78 Å². The number of fused-ring (bicyclic) bond motifs is 1. The van der Waals surface area contributed by atoms with Crippen molar-refractivity contribution in [3.63, 3.8) is 0 Å². The first kappa shape index (κ1) is 24.5. The smallest absolute Gasteiger partial charge is 0.352 e. The second-order valence-corrected chi connectivity index (χ2v) is 9.84. The second kappa shape index (κ2) is 10.3. The molecule has 0 saturated carbocycles. The minimum absolute atomic E-state index is 0.120. The van der Waals surface area contributed by atoms with Gasteiger partial charge in [0.05, 0.1) is 0 Å². The molecule has 2 aromatic rings. The number of nitrogens with two attached hydrogens (primary N) is 1. The third-order valence-electron chi connectivity index (χ3n) is 4.74. The fourth-order valence-corrected chi connectivity index (χ4v) is 6.09. The molecule has 0 radical (unpaired) electrons. The monoisotopic (exact) mass is 535 g/mol. The predicted molar refractivity (Wildman–Crippen MR) is 127 cm³/mol. The highest BCUT2D eigenvalue weighted by atomic mass is 32.2. The SMILES string of the molecule is C#CCn1nnc(SCC2=C(C(=O)O)N3C(=O)C(NC(=O)/C(=N/OC)c4csc(N)n4)[C@H]3SC2)n1. The second-order valence-electron chi connectivity index (χ2n) is 6.91. The molecule has 2 aliphatic rings. The lowest BCUT2D eigenvalue weighted by molar-refractivity contribution is -0.150. The molecule has 17 heteroatoms. The quantitative estimate of drug-likeness (QED) is 0.120. The van der Waals surface area contributed by atoms with Gasteiger partial charge in [0.25, 0.3) is 11.8 Å². The molecule has 2 atom stereocenters. The predicted octanol–water partition coefficient (Wildman–Crippen LogP) is -0.774. The molecule has 4 rings (SSSR count). The van der Waals surface area contributed by atoms with Crippen molar-refractivity contribution in [2.24, 2.45) is 5.16 Å². The van der Waals surface area contributed by atoms with Gasteiger partial charge >= 0.3 is 5.97 Å². The van der Waals surface area contributed by atoms with Crippen molar-refractivity contribution in [1.82, 2.24) is 35.4 Å². The van der Waals surface area contributed by atoms with E-state index in [2.05, 4.69) is 36.8 Å². The molecule has 35 heavy (non-hydrogen) atoms. The van der Waals surface area contributed by atoms with Gasteiger partial charge < -0.3 is 21.0 Å². The number of amides is 2. The zero-order valence-corrected chi connectivity index (χ0v) is 20.4. The number of nitrogen functional groups attached to an aromatic ring is 1. The number of tetrazole rings is 1. The molecule has 0 aromatic carbocycles. The maximum absolute atomic E-state index is 12.9. The van der Waals surface area contributed by atoms with Gasteiger partial charge in [-0.3, -0.25) is 14.5 Å². The van der Waals surface area contributed by atoms with E-state index in [9.17, 15) is 19.5 Å². The standard InChI is InChI=1S/C18H17N9O5S3/c1-3-4-26-23-18(22-25-26)35-6-8-5-33-15-11(14(29)27(15)12(8)16(30)31)21-13(28)10(24-32-2)9-7-34-17(19)20-9/h1,7,11,15H,4-6H2,2H3,(H2,19,20)(H,21,28)(H,30,31)/b24-10+/t11?,15-/m1/s1. The Labute approximate surface area is 210 Å². The summed E-state index contributed by atoms with van der Waals surface area (Å²) in [5.74, 6) is 0.465. The summed E-state index contributed by atoms with van der Waals surface area (Å²) in [6.45, 7) is 0.163. The summed E-state index contributed by atoms with van der Waals surface area (Å²) in [5, 5.41) is 29.4. The molecule has 0 bridgehead atoms. The van der Waals surface area contributed by atoms with Gasteiger partial charge in [0.2, 0.25) is 5.16 Å². The Morgan fingerprint density at radius 3 is 2.97 bits per heavy atom. The largest absolute Gasteiger partial charge is 0.477 e. The van der Waals surface area contributed by atoms with Crippen LogP contribution in [0.4, 0.5) is 5.13 Å². The molecular formula is C18H17N9O5S3. The number of aliphatic carboxylic acids is 1. The lowest BCUT2D eigenvalue weighted by atomic mass is 10.0. The highest BCUT2D eigenvalue weighted by Crippen LogP contribution is 2.41. The van der Waals surface area contributed by atoms with Gasteiger partial charge in [0, 0.05) is 16.9 Å². The number of carbonyl (C=O) groups excluding carboxylic acids is 2. The van der Waals surface area contributed by atoms with E-state index >= 15 is 0 Å². The van der Waals surface area contributed by atoms with Gasteiger partial charge in [-0.1, -0.05) is 22.8 Å². The Balaban J connectivity index is 1.47. The molecule has 1 fully saturated rings. The van der Waals surface area contributed by atoms with E-state index in [4.69, 9.17) is 17.0 Å². The zero-order chi connectivity index (χ0) is 25.1. The van der Waals surface area contributed by atoms with Crippen LogP contribution >= 0.6 is 34.9 Å². The molecule has 2 aromatic heterocycles. The van der Waals surface area contributed by atoms with Gasteiger partial charge in [0.15, 0.2) is 10.8 Å². The van der Waals surface area contributed by atoms with Crippen LogP contribution < -0.4 is 11.1 Å².